The topological polar surface area (TPSA) is 72.5 Å². The smallest absolute Gasteiger partial charge is 0.241 e. The SMILES string of the molecule is Cc1[nH]c2ccccc2c1CCNC(=NCc1ccccc1)NCC(=O)N(C)C. The number of hydrogen-bond donors (Lipinski definition) is 3. The number of aryl methyl sites for hydroxylation is 1. The van der Waals surface area contributed by atoms with Gasteiger partial charge in [-0.25, -0.2) is 4.99 Å². The Bertz CT molecular complexity index is 975. The van der Waals surface area contributed by atoms with Crippen molar-refractivity contribution in [3.8, 4) is 0 Å². The number of carbonyl (C=O) groups is 1. The quantitative estimate of drug-likeness (QED) is 0.428. The molecule has 0 aliphatic heterocycles. The maximum atomic E-state index is 11.9. The average molecular weight is 392 g/mol. The maximum absolute atomic E-state index is 11.9. The largest absolute Gasteiger partial charge is 0.358 e. The van der Waals surface area contributed by atoms with Crippen LogP contribution >= 0.6 is 0 Å². The van der Waals surface area contributed by atoms with Gasteiger partial charge in [-0.3, -0.25) is 4.79 Å². The lowest BCUT2D eigenvalue weighted by Crippen LogP contribution is -2.43. The van der Waals surface area contributed by atoms with Crippen molar-refractivity contribution in [2.24, 2.45) is 4.99 Å². The highest BCUT2D eigenvalue weighted by atomic mass is 16.2. The summed E-state index contributed by atoms with van der Waals surface area (Å²) >= 11 is 0. The molecule has 0 saturated carbocycles. The fraction of sp³-hybridized carbons (Fsp3) is 0.304. The van der Waals surface area contributed by atoms with Crippen molar-refractivity contribution < 1.29 is 4.79 Å². The van der Waals surface area contributed by atoms with Gasteiger partial charge < -0.3 is 20.5 Å². The van der Waals surface area contributed by atoms with Crippen LogP contribution in [-0.2, 0) is 17.8 Å². The molecule has 0 aliphatic carbocycles. The number of H-pyrrole nitrogens is 1. The molecule has 0 spiro atoms. The number of likely N-dealkylation sites (N-methyl/N-ethyl adjacent to an activating group) is 1. The number of carbonyl (C=O) groups excluding carboxylic acids is 1. The lowest BCUT2D eigenvalue weighted by molar-refractivity contribution is -0.127. The van der Waals surface area contributed by atoms with Gasteiger partial charge in [-0.15, -0.1) is 0 Å². The first-order valence-corrected chi connectivity index (χ1v) is 9.87. The van der Waals surface area contributed by atoms with Crippen LogP contribution in [-0.4, -0.2) is 48.9 Å². The van der Waals surface area contributed by atoms with E-state index in [2.05, 4.69) is 45.7 Å². The number of benzene rings is 2. The highest BCUT2D eigenvalue weighted by Gasteiger charge is 2.09. The van der Waals surface area contributed by atoms with Crippen LogP contribution in [0.25, 0.3) is 10.9 Å². The molecule has 152 valence electrons. The Balaban J connectivity index is 1.65. The molecule has 0 atom stereocenters. The predicted octanol–water partition coefficient (Wildman–Crippen LogP) is 2.84. The van der Waals surface area contributed by atoms with Gasteiger partial charge in [-0.2, -0.15) is 0 Å². The first-order chi connectivity index (χ1) is 14.0. The first kappa shape index (κ1) is 20.5. The van der Waals surface area contributed by atoms with Crippen molar-refractivity contribution in [2.75, 3.05) is 27.2 Å². The van der Waals surface area contributed by atoms with E-state index in [4.69, 9.17) is 0 Å². The summed E-state index contributed by atoms with van der Waals surface area (Å²) in [4.78, 5) is 21.6. The van der Waals surface area contributed by atoms with E-state index in [9.17, 15) is 4.79 Å². The number of fused-ring (bicyclic) bond motifs is 1. The number of nitrogens with one attached hydrogen (secondary N) is 3. The van der Waals surface area contributed by atoms with Crippen LogP contribution in [0.2, 0.25) is 0 Å². The standard InChI is InChI=1S/C23H29N5O/c1-17-19(20-11-7-8-12-21(20)27-17)13-14-24-23(26-16-22(29)28(2)3)25-15-18-9-5-4-6-10-18/h4-12,27H,13-16H2,1-3H3,(H2,24,25,26). The minimum absolute atomic E-state index is 0.00619. The number of aromatic nitrogens is 1. The Morgan fingerprint density at radius 2 is 1.76 bits per heavy atom. The van der Waals surface area contributed by atoms with E-state index in [-0.39, 0.29) is 12.5 Å². The van der Waals surface area contributed by atoms with Gasteiger partial charge >= 0.3 is 0 Å². The van der Waals surface area contributed by atoms with Crippen LogP contribution < -0.4 is 10.6 Å². The second-order valence-corrected chi connectivity index (χ2v) is 7.24. The van der Waals surface area contributed by atoms with Crippen molar-refractivity contribution in [1.29, 1.82) is 0 Å². The zero-order valence-corrected chi connectivity index (χ0v) is 17.3. The molecule has 3 N–H and O–H groups in total. The Labute approximate surface area is 172 Å². The van der Waals surface area contributed by atoms with Gasteiger partial charge in [0.2, 0.25) is 5.91 Å². The second kappa shape index (κ2) is 9.78. The van der Waals surface area contributed by atoms with Crippen molar-refractivity contribution >= 4 is 22.8 Å². The third kappa shape index (κ3) is 5.60. The van der Waals surface area contributed by atoms with Crippen LogP contribution in [0.15, 0.2) is 59.6 Å². The monoisotopic (exact) mass is 391 g/mol. The number of rotatable bonds is 7. The highest BCUT2D eigenvalue weighted by Crippen LogP contribution is 2.21. The number of aliphatic imine (C=N–C) groups is 1. The van der Waals surface area contributed by atoms with E-state index in [1.165, 1.54) is 16.6 Å². The van der Waals surface area contributed by atoms with Crippen molar-refractivity contribution in [3.05, 3.63) is 71.4 Å². The van der Waals surface area contributed by atoms with Crippen LogP contribution in [0.4, 0.5) is 0 Å². The molecule has 0 saturated heterocycles. The fourth-order valence-corrected chi connectivity index (χ4v) is 3.21. The molecular formula is C23H29N5O. The van der Waals surface area contributed by atoms with Gasteiger partial charge in [0, 0.05) is 37.2 Å². The van der Waals surface area contributed by atoms with Gasteiger partial charge in [-0.1, -0.05) is 48.5 Å². The number of hydrogen-bond acceptors (Lipinski definition) is 2. The maximum Gasteiger partial charge on any atom is 0.241 e. The number of nitrogens with zero attached hydrogens (tertiary/aromatic N) is 2. The summed E-state index contributed by atoms with van der Waals surface area (Å²) in [7, 11) is 3.50. The summed E-state index contributed by atoms with van der Waals surface area (Å²) in [5, 5.41) is 7.77. The van der Waals surface area contributed by atoms with Crippen LogP contribution in [0, 0.1) is 6.92 Å². The Kier molecular flexibility index (Phi) is 6.89. The van der Waals surface area contributed by atoms with E-state index in [0.29, 0.717) is 12.5 Å². The molecule has 6 heteroatoms. The van der Waals surface area contributed by atoms with E-state index in [1.54, 1.807) is 19.0 Å². The summed E-state index contributed by atoms with van der Waals surface area (Å²) in [5.74, 6) is 0.647. The lowest BCUT2D eigenvalue weighted by Gasteiger charge is -2.15. The zero-order valence-electron chi connectivity index (χ0n) is 17.3. The van der Waals surface area contributed by atoms with E-state index in [0.717, 1.165) is 24.0 Å². The molecule has 3 aromatic rings. The van der Waals surface area contributed by atoms with E-state index >= 15 is 0 Å². The lowest BCUT2D eigenvalue weighted by atomic mass is 10.1. The molecule has 1 aromatic heterocycles. The molecule has 0 fully saturated rings. The molecule has 29 heavy (non-hydrogen) atoms. The van der Waals surface area contributed by atoms with Crippen molar-refractivity contribution in [1.82, 2.24) is 20.5 Å². The molecule has 0 radical (unpaired) electrons. The third-order valence-corrected chi connectivity index (χ3v) is 4.86. The normalized spacial score (nSPS) is 11.5. The number of guanidine groups is 1. The summed E-state index contributed by atoms with van der Waals surface area (Å²) < 4.78 is 0. The van der Waals surface area contributed by atoms with Gasteiger partial charge in [-0.05, 0) is 30.5 Å². The first-order valence-electron chi connectivity index (χ1n) is 9.87. The molecule has 3 rings (SSSR count). The fourth-order valence-electron chi connectivity index (χ4n) is 3.21. The molecule has 2 aromatic carbocycles. The molecule has 0 bridgehead atoms. The molecule has 1 amide bonds. The number of para-hydroxylation sites is 1. The minimum Gasteiger partial charge on any atom is -0.358 e. The number of aromatic amines is 1. The zero-order chi connectivity index (χ0) is 20.6. The second-order valence-electron chi connectivity index (χ2n) is 7.24. The van der Waals surface area contributed by atoms with Gasteiger partial charge in [0.05, 0.1) is 13.1 Å². The summed E-state index contributed by atoms with van der Waals surface area (Å²) in [6.45, 7) is 3.59. The summed E-state index contributed by atoms with van der Waals surface area (Å²) in [5.41, 5.74) is 4.78. The highest BCUT2D eigenvalue weighted by molar-refractivity contribution is 5.87. The van der Waals surface area contributed by atoms with Gasteiger partial charge in [0.15, 0.2) is 5.96 Å². The Morgan fingerprint density at radius 3 is 2.52 bits per heavy atom. The van der Waals surface area contributed by atoms with Gasteiger partial charge in [0.25, 0.3) is 0 Å². The van der Waals surface area contributed by atoms with Crippen LogP contribution in [0.5, 0.6) is 0 Å². The minimum atomic E-state index is 0.00619. The molecule has 0 aliphatic rings. The van der Waals surface area contributed by atoms with Crippen LogP contribution in [0.3, 0.4) is 0 Å². The number of amides is 1. The molecular weight excluding hydrogens is 362 g/mol. The van der Waals surface area contributed by atoms with Crippen molar-refractivity contribution in [3.63, 3.8) is 0 Å². The third-order valence-electron chi connectivity index (χ3n) is 4.86. The Hall–Kier alpha value is -3.28. The van der Waals surface area contributed by atoms with E-state index < -0.39 is 0 Å². The molecule has 1 heterocycles. The molecule has 0 unspecified atom stereocenters. The predicted molar refractivity (Wildman–Crippen MR) is 119 cm³/mol. The Morgan fingerprint density at radius 1 is 1.03 bits per heavy atom. The summed E-state index contributed by atoms with van der Waals surface area (Å²) in [6.07, 6.45) is 0.865. The molecule has 6 nitrogen and oxygen atoms in total. The average Bonchev–Trinajstić information content (AvgIpc) is 3.05. The van der Waals surface area contributed by atoms with Crippen LogP contribution in [0.1, 0.15) is 16.8 Å². The van der Waals surface area contributed by atoms with Gasteiger partial charge in [0.1, 0.15) is 0 Å². The van der Waals surface area contributed by atoms with E-state index in [1.807, 2.05) is 36.4 Å². The van der Waals surface area contributed by atoms with Crippen molar-refractivity contribution in [2.45, 2.75) is 19.9 Å². The summed E-state index contributed by atoms with van der Waals surface area (Å²) in [6, 6.07) is 18.4.